The number of likely N-dealkylation sites (N-methyl/N-ethyl adjacent to an activating group) is 2. The molecule has 0 aromatic heterocycles. The van der Waals surface area contributed by atoms with E-state index in [1.807, 2.05) is 50.9 Å². The summed E-state index contributed by atoms with van der Waals surface area (Å²) in [5.41, 5.74) is 8.09. The Bertz CT molecular complexity index is 429. The molecule has 0 radical (unpaired) electrons. The summed E-state index contributed by atoms with van der Waals surface area (Å²) >= 11 is 0. The number of benzene rings is 1. The first-order chi connectivity index (χ1) is 9.54. The van der Waals surface area contributed by atoms with E-state index in [1.54, 1.807) is 0 Å². The van der Waals surface area contributed by atoms with E-state index in [0.717, 1.165) is 25.2 Å². The van der Waals surface area contributed by atoms with Gasteiger partial charge >= 0.3 is 0 Å². The van der Waals surface area contributed by atoms with Gasteiger partial charge in [-0.3, -0.25) is 9.69 Å². The Kier molecular flexibility index (Phi) is 6.68. The lowest BCUT2D eigenvalue weighted by atomic mass is 10.1. The van der Waals surface area contributed by atoms with Crippen LogP contribution in [-0.4, -0.2) is 41.9 Å². The Morgan fingerprint density at radius 1 is 1.20 bits per heavy atom. The lowest BCUT2D eigenvalue weighted by molar-refractivity contribution is -0.135. The van der Waals surface area contributed by atoms with Crippen molar-refractivity contribution in [3.05, 3.63) is 35.4 Å². The monoisotopic (exact) mass is 277 g/mol. The third-order valence-electron chi connectivity index (χ3n) is 3.85. The van der Waals surface area contributed by atoms with Crippen LogP contribution in [0.3, 0.4) is 0 Å². The van der Waals surface area contributed by atoms with Crippen LogP contribution in [0.5, 0.6) is 0 Å². The maximum Gasteiger partial charge on any atom is 0.239 e. The highest BCUT2D eigenvalue weighted by Crippen LogP contribution is 2.13. The van der Waals surface area contributed by atoms with Gasteiger partial charge in [0.25, 0.3) is 0 Å². The van der Waals surface area contributed by atoms with Gasteiger partial charge in [0, 0.05) is 26.2 Å². The summed E-state index contributed by atoms with van der Waals surface area (Å²) < 4.78 is 0. The maximum absolute atomic E-state index is 12.4. The minimum absolute atomic E-state index is 0.124. The third-order valence-corrected chi connectivity index (χ3v) is 3.85. The van der Waals surface area contributed by atoms with Crippen LogP contribution in [0.1, 0.15) is 31.9 Å². The van der Waals surface area contributed by atoms with Gasteiger partial charge < -0.3 is 10.6 Å². The minimum atomic E-state index is -0.124. The van der Waals surface area contributed by atoms with Crippen LogP contribution in [0.25, 0.3) is 0 Å². The summed E-state index contributed by atoms with van der Waals surface area (Å²) in [5, 5.41) is 0. The van der Waals surface area contributed by atoms with E-state index in [-0.39, 0.29) is 11.9 Å². The molecule has 1 atom stereocenters. The van der Waals surface area contributed by atoms with Crippen molar-refractivity contribution in [2.24, 2.45) is 5.73 Å². The van der Waals surface area contributed by atoms with Crippen LogP contribution >= 0.6 is 0 Å². The van der Waals surface area contributed by atoms with Gasteiger partial charge in [-0.15, -0.1) is 0 Å². The van der Waals surface area contributed by atoms with Crippen molar-refractivity contribution in [2.45, 2.75) is 39.9 Å². The molecule has 1 unspecified atom stereocenters. The molecular formula is C16H27N3O. The van der Waals surface area contributed by atoms with Crippen molar-refractivity contribution >= 4 is 5.91 Å². The van der Waals surface area contributed by atoms with E-state index in [9.17, 15) is 4.79 Å². The molecule has 4 heteroatoms. The summed E-state index contributed by atoms with van der Waals surface area (Å²) in [7, 11) is 1.99. The first kappa shape index (κ1) is 16.7. The fourth-order valence-electron chi connectivity index (χ4n) is 2.30. The number of carbonyl (C=O) groups excluding carboxylic acids is 1. The fraction of sp³-hybridized carbons (Fsp3) is 0.562. The van der Waals surface area contributed by atoms with Gasteiger partial charge in [0.1, 0.15) is 0 Å². The largest absolute Gasteiger partial charge is 0.342 e. The topological polar surface area (TPSA) is 49.6 Å². The third kappa shape index (κ3) is 4.05. The average Bonchev–Trinajstić information content (AvgIpc) is 2.48. The summed E-state index contributed by atoms with van der Waals surface area (Å²) in [4.78, 5) is 16.3. The van der Waals surface area contributed by atoms with Gasteiger partial charge in [0.05, 0.1) is 6.04 Å². The number of carbonyl (C=O) groups is 1. The number of nitrogens with zero attached hydrogens (tertiary/aromatic N) is 2. The van der Waals surface area contributed by atoms with Gasteiger partial charge in [0.2, 0.25) is 5.91 Å². The smallest absolute Gasteiger partial charge is 0.239 e. The molecule has 112 valence electrons. The highest BCUT2D eigenvalue weighted by Gasteiger charge is 2.22. The fourth-order valence-corrected chi connectivity index (χ4v) is 2.30. The van der Waals surface area contributed by atoms with E-state index in [2.05, 4.69) is 11.0 Å². The minimum Gasteiger partial charge on any atom is -0.342 e. The van der Waals surface area contributed by atoms with E-state index in [0.29, 0.717) is 6.54 Å². The first-order valence-corrected chi connectivity index (χ1v) is 7.30. The molecule has 1 aromatic carbocycles. The number of amides is 1. The number of nitrogens with two attached hydrogens (primary N) is 1. The molecule has 0 bridgehead atoms. The van der Waals surface area contributed by atoms with Crippen molar-refractivity contribution in [3.63, 3.8) is 0 Å². The maximum atomic E-state index is 12.4. The summed E-state index contributed by atoms with van der Waals surface area (Å²) in [6.45, 7) is 8.77. The molecule has 4 nitrogen and oxygen atoms in total. The predicted octanol–water partition coefficient (Wildman–Crippen LogP) is 1.83. The molecule has 20 heavy (non-hydrogen) atoms. The molecule has 2 N–H and O–H groups in total. The highest BCUT2D eigenvalue weighted by molar-refractivity contribution is 5.81. The van der Waals surface area contributed by atoms with E-state index >= 15 is 0 Å². The zero-order valence-electron chi connectivity index (χ0n) is 13.1. The molecule has 0 aliphatic rings. The van der Waals surface area contributed by atoms with Crippen molar-refractivity contribution in [1.82, 2.24) is 9.80 Å². The van der Waals surface area contributed by atoms with Gasteiger partial charge in [-0.1, -0.05) is 24.3 Å². The van der Waals surface area contributed by atoms with E-state index in [4.69, 9.17) is 5.73 Å². The molecule has 0 aliphatic carbocycles. The van der Waals surface area contributed by atoms with Crippen molar-refractivity contribution in [3.8, 4) is 0 Å². The predicted molar refractivity (Wildman–Crippen MR) is 83.2 cm³/mol. The van der Waals surface area contributed by atoms with Gasteiger partial charge in [-0.05, 0) is 38.9 Å². The molecule has 1 amide bonds. The normalized spacial score (nSPS) is 12.5. The molecule has 0 saturated heterocycles. The molecule has 1 rings (SSSR count). The molecule has 1 aromatic rings. The molecule has 0 saturated carbocycles. The Labute approximate surface area is 122 Å². The summed E-state index contributed by atoms with van der Waals surface area (Å²) in [6.07, 6.45) is 0. The van der Waals surface area contributed by atoms with Crippen LogP contribution in [0.4, 0.5) is 0 Å². The molecular weight excluding hydrogens is 250 g/mol. The number of hydrogen-bond donors (Lipinski definition) is 1. The zero-order valence-corrected chi connectivity index (χ0v) is 13.1. The van der Waals surface area contributed by atoms with Crippen molar-refractivity contribution in [2.75, 3.05) is 20.1 Å². The lowest BCUT2D eigenvalue weighted by Crippen LogP contribution is -2.45. The van der Waals surface area contributed by atoms with Gasteiger partial charge in [0.15, 0.2) is 0 Å². The molecule has 0 fully saturated rings. The molecule has 0 spiro atoms. The number of hydrogen-bond acceptors (Lipinski definition) is 3. The van der Waals surface area contributed by atoms with Crippen LogP contribution < -0.4 is 5.73 Å². The zero-order chi connectivity index (χ0) is 15.1. The Balaban J connectivity index is 2.75. The Hall–Kier alpha value is -1.39. The van der Waals surface area contributed by atoms with E-state index in [1.165, 1.54) is 5.56 Å². The standard InChI is InChI=1S/C16H27N3O/c1-5-19(6-2)16(20)13(3)18(4)12-15-10-8-7-9-14(15)11-17/h7-10,13H,5-6,11-12,17H2,1-4H3. The second-order valence-corrected chi connectivity index (χ2v) is 5.07. The second-order valence-electron chi connectivity index (χ2n) is 5.07. The lowest BCUT2D eigenvalue weighted by Gasteiger charge is -2.29. The quantitative estimate of drug-likeness (QED) is 0.827. The Morgan fingerprint density at radius 2 is 1.75 bits per heavy atom. The summed E-state index contributed by atoms with van der Waals surface area (Å²) in [5.74, 6) is 0.183. The van der Waals surface area contributed by atoms with Gasteiger partial charge in [-0.25, -0.2) is 0 Å². The summed E-state index contributed by atoms with van der Waals surface area (Å²) in [6, 6.07) is 8.00. The highest BCUT2D eigenvalue weighted by atomic mass is 16.2. The van der Waals surface area contributed by atoms with E-state index < -0.39 is 0 Å². The van der Waals surface area contributed by atoms with Crippen LogP contribution in [0.2, 0.25) is 0 Å². The molecule has 0 aliphatic heterocycles. The van der Waals surface area contributed by atoms with Crippen molar-refractivity contribution in [1.29, 1.82) is 0 Å². The second kappa shape index (κ2) is 8.02. The van der Waals surface area contributed by atoms with Crippen LogP contribution in [0.15, 0.2) is 24.3 Å². The van der Waals surface area contributed by atoms with Gasteiger partial charge in [-0.2, -0.15) is 0 Å². The SMILES string of the molecule is CCN(CC)C(=O)C(C)N(C)Cc1ccccc1CN. The molecule has 0 heterocycles. The Morgan fingerprint density at radius 3 is 2.25 bits per heavy atom. The van der Waals surface area contributed by atoms with Crippen LogP contribution in [0, 0.1) is 0 Å². The van der Waals surface area contributed by atoms with Crippen LogP contribution in [-0.2, 0) is 17.9 Å². The number of rotatable bonds is 7. The first-order valence-electron chi connectivity index (χ1n) is 7.30. The average molecular weight is 277 g/mol. The van der Waals surface area contributed by atoms with Crippen molar-refractivity contribution < 1.29 is 4.79 Å².